The van der Waals surface area contributed by atoms with Gasteiger partial charge in [0.25, 0.3) is 0 Å². The molecule has 0 bridgehead atoms. The lowest BCUT2D eigenvalue weighted by Crippen LogP contribution is -2.25. The Balaban J connectivity index is 2.74. The van der Waals surface area contributed by atoms with Crippen LogP contribution in [-0.2, 0) is 14.3 Å². The van der Waals surface area contributed by atoms with Crippen LogP contribution < -0.4 is 0 Å². The molecule has 0 amide bonds. The second-order valence-electron chi connectivity index (χ2n) is 6.05. The number of esters is 2. The Morgan fingerprint density at radius 1 is 1.19 bits per heavy atom. The summed E-state index contributed by atoms with van der Waals surface area (Å²) in [5.74, 6) is -2.44. The van der Waals surface area contributed by atoms with Crippen LogP contribution in [0.4, 0.5) is 0 Å². The molecule has 0 saturated heterocycles. The van der Waals surface area contributed by atoms with Crippen molar-refractivity contribution in [1.29, 1.82) is 0 Å². The number of hydrogen-bond acceptors (Lipinski definition) is 6. The van der Waals surface area contributed by atoms with Gasteiger partial charge in [-0.2, -0.15) is 0 Å². The molecule has 1 aromatic carbocycles. The third-order valence-corrected chi connectivity index (χ3v) is 3.82. The van der Waals surface area contributed by atoms with Crippen LogP contribution in [0.5, 0.6) is 0 Å². The van der Waals surface area contributed by atoms with E-state index in [-0.39, 0.29) is 35.8 Å². The highest BCUT2D eigenvalue weighted by atomic mass is 16.6. The van der Waals surface area contributed by atoms with Crippen molar-refractivity contribution in [1.82, 2.24) is 0 Å². The van der Waals surface area contributed by atoms with Gasteiger partial charge in [0.2, 0.25) is 0 Å². The fourth-order valence-electron chi connectivity index (χ4n) is 2.11. The average molecular weight is 364 g/mol. The fraction of sp³-hybridized carbons (Fsp3) is 0.421. The first-order chi connectivity index (χ1) is 12.2. The van der Waals surface area contributed by atoms with Crippen LogP contribution >= 0.6 is 0 Å². The number of carboxylic acid groups (broad SMARTS) is 1. The molecule has 0 aliphatic rings. The third-order valence-electron chi connectivity index (χ3n) is 3.82. The van der Waals surface area contributed by atoms with Gasteiger partial charge in [0, 0.05) is 5.57 Å². The number of aliphatic hydroxyl groups excluding tert-OH is 1. The number of carboxylic acids is 1. The lowest BCUT2D eigenvalue weighted by Gasteiger charge is -2.15. The number of benzene rings is 1. The number of carbonyl (C=O) groups excluding carboxylic acids is 2. The molecule has 0 fully saturated rings. The SMILES string of the molecule is C=C(C)C(=O)OCC(O)COC(=O)c1ccc(C(=O)O)c(C(C)CC)c1. The van der Waals surface area contributed by atoms with E-state index >= 15 is 0 Å². The van der Waals surface area contributed by atoms with Crippen LogP contribution in [0.2, 0.25) is 0 Å². The summed E-state index contributed by atoms with van der Waals surface area (Å²) in [5, 5.41) is 19.0. The van der Waals surface area contributed by atoms with E-state index in [2.05, 4.69) is 6.58 Å². The van der Waals surface area contributed by atoms with Crippen molar-refractivity contribution in [2.24, 2.45) is 0 Å². The van der Waals surface area contributed by atoms with Crippen molar-refractivity contribution >= 4 is 17.9 Å². The summed E-state index contributed by atoms with van der Waals surface area (Å²) in [6.07, 6.45) is -0.458. The van der Waals surface area contributed by atoms with Crippen LogP contribution in [-0.4, -0.2) is 47.4 Å². The second kappa shape index (κ2) is 9.72. The summed E-state index contributed by atoms with van der Waals surface area (Å²) in [7, 11) is 0. The maximum Gasteiger partial charge on any atom is 0.338 e. The van der Waals surface area contributed by atoms with Gasteiger partial charge in [-0.15, -0.1) is 0 Å². The smallest absolute Gasteiger partial charge is 0.338 e. The number of rotatable bonds is 9. The lowest BCUT2D eigenvalue weighted by molar-refractivity contribution is -0.142. The molecule has 2 unspecified atom stereocenters. The van der Waals surface area contributed by atoms with E-state index in [1.807, 2.05) is 13.8 Å². The van der Waals surface area contributed by atoms with Crippen molar-refractivity contribution in [2.75, 3.05) is 13.2 Å². The quantitative estimate of drug-likeness (QED) is 0.512. The molecule has 142 valence electrons. The van der Waals surface area contributed by atoms with E-state index in [0.717, 1.165) is 0 Å². The monoisotopic (exact) mass is 364 g/mol. The molecule has 0 aromatic heterocycles. The van der Waals surface area contributed by atoms with Crippen molar-refractivity contribution < 1.29 is 34.1 Å². The van der Waals surface area contributed by atoms with E-state index in [4.69, 9.17) is 9.47 Å². The standard InChI is InChI=1S/C19H24O7/c1-5-12(4)16-8-13(6-7-15(16)17(21)22)19(24)26-10-14(20)9-25-18(23)11(2)3/h6-8,12,14,20H,2,5,9-10H2,1,3-4H3,(H,21,22). The average Bonchev–Trinajstić information content (AvgIpc) is 2.62. The Morgan fingerprint density at radius 3 is 2.35 bits per heavy atom. The fourth-order valence-corrected chi connectivity index (χ4v) is 2.11. The molecule has 0 spiro atoms. The highest BCUT2D eigenvalue weighted by Crippen LogP contribution is 2.24. The van der Waals surface area contributed by atoms with Crippen LogP contribution in [0, 0.1) is 0 Å². The predicted octanol–water partition coefficient (Wildman–Crippen LogP) is 2.54. The first-order valence-corrected chi connectivity index (χ1v) is 8.22. The molecular formula is C19H24O7. The van der Waals surface area contributed by atoms with Crippen LogP contribution in [0.1, 0.15) is 59.4 Å². The van der Waals surface area contributed by atoms with Crippen LogP contribution in [0.3, 0.4) is 0 Å². The van der Waals surface area contributed by atoms with E-state index in [9.17, 15) is 24.6 Å². The molecule has 26 heavy (non-hydrogen) atoms. The van der Waals surface area contributed by atoms with Gasteiger partial charge in [-0.3, -0.25) is 0 Å². The van der Waals surface area contributed by atoms with Crippen LogP contribution in [0.25, 0.3) is 0 Å². The summed E-state index contributed by atoms with van der Waals surface area (Å²) in [4.78, 5) is 34.7. The molecule has 0 saturated carbocycles. The lowest BCUT2D eigenvalue weighted by atomic mass is 9.92. The van der Waals surface area contributed by atoms with E-state index in [0.29, 0.717) is 12.0 Å². The summed E-state index contributed by atoms with van der Waals surface area (Å²) in [6.45, 7) is 8.00. The maximum absolute atomic E-state index is 12.1. The number of hydrogen-bond donors (Lipinski definition) is 2. The minimum Gasteiger partial charge on any atom is -0.478 e. The molecule has 1 rings (SSSR count). The van der Waals surface area contributed by atoms with Gasteiger partial charge in [0.15, 0.2) is 0 Å². The van der Waals surface area contributed by atoms with E-state index in [1.165, 1.54) is 25.1 Å². The van der Waals surface area contributed by atoms with Gasteiger partial charge >= 0.3 is 17.9 Å². The highest BCUT2D eigenvalue weighted by Gasteiger charge is 2.19. The Hall–Kier alpha value is -2.67. The maximum atomic E-state index is 12.1. The first kappa shape index (κ1) is 21.4. The van der Waals surface area contributed by atoms with Crippen molar-refractivity contribution in [2.45, 2.75) is 39.2 Å². The second-order valence-corrected chi connectivity index (χ2v) is 6.05. The normalized spacial score (nSPS) is 12.8. The predicted molar refractivity (Wildman–Crippen MR) is 94.2 cm³/mol. The Bertz CT molecular complexity index is 693. The number of aliphatic hydroxyl groups is 1. The van der Waals surface area contributed by atoms with E-state index in [1.54, 1.807) is 0 Å². The van der Waals surface area contributed by atoms with Gasteiger partial charge in [0.1, 0.15) is 19.3 Å². The van der Waals surface area contributed by atoms with Crippen LogP contribution in [0.15, 0.2) is 30.4 Å². The molecule has 1 aromatic rings. The van der Waals surface area contributed by atoms with Gasteiger partial charge in [0.05, 0.1) is 11.1 Å². The molecule has 7 nitrogen and oxygen atoms in total. The number of ether oxygens (including phenoxy) is 2. The number of aromatic carboxylic acids is 1. The largest absolute Gasteiger partial charge is 0.478 e. The zero-order valence-corrected chi connectivity index (χ0v) is 15.2. The van der Waals surface area contributed by atoms with Crippen molar-refractivity contribution in [3.05, 3.63) is 47.0 Å². The molecule has 2 N–H and O–H groups in total. The molecule has 0 aliphatic carbocycles. The summed E-state index contributed by atoms with van der Waals surface area (Å²) in [6, 6.07) is 4.23. The third kappa shape index (κ3) is 6.00. The Morgan fingerprint density at radius 2 is 1.81 bits per heavy atom. The summed E-state index contributed by atoms with van der Waals surface area (Å²) < 4.78 is 9.77. The summed E-state index contributed by atoms with van der Waals surface area (Å²) in [5.41, 5.74) is 1.08. The Kier molecular flexibility index (Phi) is 7.99. The van der Waals surface area contributed by atoms with Gasteiger partial charge in [-0.05, 0) is 43.0 Å². The first-order valence-electron chi connectivity index (χ1n) is 8.22. The molecule has 0 aliphatic heterocycles. The highest BCUT2D eigenvalue weighted by molar-refractivity contribution is 5.94. The topological polar surface area (TPSA) is 110 Å². The van der Waals surface area contributed by atoms with Gasteiger partial charge < -0.3 is 19.7 Å². The zero-order valence-electron chi connectivity index (χ0n) is 15.2. The Labute approximate surface area is 152 Å². The molecule has 0 heterocycles. The number of carbonyl (C=O) groups is 3. The van der Waals surface area contributed by atoms with Crippen molar-refractivity contribution in [3.63, 3.8) is 0 Å². The van der Waals surface area contributed by atoms with E-state index < -0.39 is 24.0 Å². The summed E-state index contributed by atoms with van der Waals surface area (Å²) >= 11 is 0. The van der Waals surface area contributed by atoms with Gasteiger partial charge in [-0.25, -0.2) is 14.4 Å². The molecule has 0 radical (unpaired) electrons. The van der Waals surface area contributed by atoms with Gasteiger partial charge in [-0.1, -0.05) is 20.4 Å². The molecule has 2 atom stereocenters. The minimum atomic E-state index is -1.17. The molecule has 7 heteroatoms. The minimum absolute atomic E-state index is 0.0407. The molecular weight excluding hydrogens is 340 g/mol. The van der Waals surface area contributed by atoms with Crippen molar-refractivity contribution in [3.8, 4) is 0 Å². The zero-order chi connectivity index (χ0) is 19.9.